The Kier molecular flexibility index (Phi) is 16.3. The van der Waals surface area contributed by atoms with Crippen molar-refractivity contribution in [3.63, 3.8) is 0 Å². The Morgan fingerprint density at radius 2 is 1.90 bits per heavy atom. The zero-order chi connectivity index (χ0) is 16.7. The fraction of sp³-hybridized carbons (Fsp3) is 0.538. The van der Waals surface area contributed by atoms with Gasteiger partial charge in [-0.15, -0.1) is 11.8 Å². The lowest BCUT2D eigenvalue weighted by Crippen LogP contribution is -1.97. The molecule has 0 saturated heterocycles. The molecule has 0 aliphatic heterocycles. The smallest absolute Gasteiger partial charge is 0.330 e. The zero-order valence-electron chi connectivity index (χ0n) is 11.8. The van der Waals surface area contributed by atoms with Crippen LogP contribution in [0.4, 0.5) is 0 Å². The van der Waals surface area contributed by atoms with Gasteiger partial charge in [-0.2, -0.15) is 5.26 Å². The first-order valence-electron chi connectivity index (χ1n) is 6.14. The van der Waals surface area contributed by atoms with Gasteiger partial charge in [0.2, 0.25) is 0 Å². The number of rotatable bonds is 8. The standard InChI is InChI=1S/C7H12O2.C6H7NO2S3/c1-3-4-5-6(2)7(8)9;7-2-4-12-6(10)11-3-1-5(8)9/h2-5H2,1H3,(H,8,9);1,3-4H2,(H,8,9). The number of hydrogen-bond acceptors (Lipinski definition) is 6. The van der Waals surface area contributed by atoms with Crippen LogP contribution >= 0.6 is 35.7 Å². The molecule has 0 atom stereocenters. The van der Waals surface area contributed by atoms with Gasteiger partial charge in [-0.1, -0.05) is 43.9 Å². The van der Waals surface area contributed by atoms with Crippen LogP contribution in [0.2, 0.25) is 0 Å². The van der Waals surface area contributed by atoms with E-state index in [1.54, 1.807) is 0 Å². The first-order valence-corrected chi connectivity index (χ1v) is 8.52. The van der Waals surface area contributed by atoms with Crippen LogP contribution in [0.5, 0.6) is 0 Å². The van der Waals surface area contributed by atoms with Crippen molar-refractivity contribution < 1.29 is 19.8 Å². The topological polar surface area (TPSA) is 98.4 Å². The minimum Gasteiger partial charge on any atom is -0.481 e. The van der Waals surface area contributed by atoms with Crippen LogP contribution in [-0.4, -0.2) is 37.2 Å². The number of carbonyl (C=O) groups is 2. The quantitative estimate of drug-likeness (QED) is 0.507. The lowest BCUT2D eigenvalue weighted by Gasteiger charge is -1.97. The molecule has 0 fully saturated rings. The number of nitrogens with zero attached hydrogens (tertiary/aromatic N) is 1. The molecule has 8 heteroatoms. The molecule has 5 nitrogen and oxygen atoms in total. The Morgan fingerprint density at radius 3 is 2.33 bits per heavy atom. The maximum atomic E-state index is 10.1. The fourth-order valence-electron chi connectivity index (χ4n) is 0.852. The van der Waals surface area contributed by atoms with Crippen LogP contribution in [-0.2, 0) is 9.59 Å². The molecule has 0 rings (SSSR count). The highest BCUT2D eigenvalue weighted by Gasteiger charge is 2.01. The van der Waals surface area contributed by atoms with Crippen molar-refractivity contribution in [2.45, 2.75) is 32.6 Å². The van der Waals surface area contributed by atoms with Crippen molar-refractivity contribution >= 4 is 51.2 Å². The van der Waals surface area contributed by atoms with Crippen LogP contribution in [0.1, 0.15) is 32.6 Å². The third-order valence-electron chi connectivity index (χ3n) is 1.92. The Bertz CT molecular complexity index is 405. The lowest BCUT2D eigenvalue weighted by atomic mass is 10.1. The monoisotopic (exact) mass is 349 g/mol. The highest BCUT2D eigenvalue weighted by molar-refractivity contribution is 8.47. The van der Waals surface area contributed by atoms with E-state index in [1.165, 1.54) is 23.5 Å². The molecule has 0 aliphatic rings. The van der Waals surface area contributed by atoms with Gasteiger partial charge in [0.25, 0.3) is 0 Å². The maximum Gasteiger partial charge on any atom is 0.330 e. The van der Waals surface area contributed by atoms with Crippen molar-refractivity contribution in [3.05, 3.63) is 12.2 Å². The van der Waals surface area contributed by atoms with E-state index in [2.05, 4.69) is 6.58 Å². The van der Waals surface area contributed by atoms with Crippen molar-refractivity contribution in [1.29, 1.82) is 5.26 Å². The highest BCUT2D eigenvalue weighted by atomic mass is 32.2. The SMILES string of the molecule is C=C(CCCC)C(=O)O.N#CCSC(=S)SCCC(=O)O. The predicted molar refractivity (Wildman–Crippen MR) is 91.7 cm³/mol. The second-order valence-electron chi connectivity index (χ2n) is 3.70. The number of aliphatic carboxylic acids is 2. The molecule has 118 valence electrons. The molecule has 0 aromatic carbocycles. The van der Waals surface area contributed by atoms with Crippen LogP contribution < -0.4 is 0 Å². The lowest BCUT2D eigenvalue weighted by molar-refractivity contribution is -0.136. The van der Waals surface area contributed by atoms with E-state index in [1.807, 2.05) is 13.0 Å². The summed E-state index contributed by atoms with van der Waals surface area (Å²) in [6, 6.07) is 1.94. The minimum atomic E-state index is -0.872. The van der Waals surface area contributed by atoms with E-state index < -0.39 is 11.9 Å². The van der Waals surface area contributed by atoms with Crippen molar-refractivity contribution in [3.8, 4) is 6.07 Å². The van der Waals surface area contributed by atoms with Crippen molar-refractivity contribution in [1.82, 2.24) is 0 Å². The van der Waals surface area contributed by atoms with Gasteiger partial charge in [0, 0.05) is 11.3 Å². The fourth-order valence-corrected chi connectivity index (χ4v) is 2.66. The molecule has 0 spiro atoms. The summed E-state index contributed by atoms with van der Waals surface area (Å²) >= 11 is 7.43. The molecule has 0 aliphatic carbocycles. The number of hydrogen-bond donors (Lipinski definition) is 2. The molecule has 0 saturated carbocycles. The summed E-state index contributed by atoms with van der Waals surface area (Å²) in [5, 5.41) is 24.8. The van der Waals surface area contributed by atoms with Gasteiger partial charge in [0.05, 0.1) is 18.2 Å². The zero-order valence-corrected chi connectivity index (χ0v) is 14.3. The molecule has 21 heavy (non-hydrogen) atoms. The summed E-state index contributed by atoms with van der Waals surface area (Å²) in [7, 11) is 0. The van der Waals surface area contributed by atoms with Gasteiger partial charge in [0.1, 0.15) is 3.53 Å². The Labute approximate surface area is 138 Å². The largest absolute Gasteiger partial charge is 0.481 e. The molecular weight excluding hydrogens is 330 g/mol. The van der Waals surface area contributed by atoms with Gasteiger partial charge < -0.3 is 10.2 Å². The van der Waals surface area contributed by atoms with E-state index >= 15 is 0 Å². The average molecular weight is 349 g/mol. The number of carboxylic acid groups (broad SMARTS) is 2. The Balaban J connectivity index is 0. The van der Waals surface area contributed by atoms with E-state index in [0.717, 1.165) is 12.8 Å². The summed E-state index contributed by atoms with van der Waals surface area (Å²) in [4.78, 5) is 20.2. The van der Waals surface area contributed by atoms with Crippen LogP contribution in [0.15, 0.2) is 12.2 Å². The number of unbranched alkanes of at least 4 members (excludes halogenated alkanes) is 1. The van der Waals surface area contributed by atoms with Gasteiger partial charge in [-0.25, -0.2) is 4.79 Å². The summed E-state index contributed by atoms with van der Waals surface area (Å²) < 4.78 is 0.637. The Morgan fingerprint density at radius 1 is 1.29 bits per heavy atom. The van der Waals surface area contributed by atoms with Gasteiger partial charge in [-0.3, -0.25) is 4.79 Å². The normalized spacial score (nSPS) is 8.95. The van der Waals surface area contributed by atoms with E-state index in [4.69, 9.17) is 27.7 Å². The third kappa shape index (κ3) is 19.0. The van der Waals surface area contributed by atoms with Crippen LogP contribution in [0.3, 0.4) is 0 Å². The van der Waals surface area contributed by atoms with E-state index in [0.29, 0.717) is 27.0 Å². The van der Waals surface area contributed by atoms with Crippen LogP contribution in [0, 0.1) is 11.3 Å². The van der Waals surface area contributed by atoms with E-state index in [9.17, 15) is 9.59 Å². The van der Waals surface area contributed by atoms with Crippen molar-refractivity contribution in [2.75, 3.05) is 11.5 Å². The predicted octanol–water partition coefficient (Wildman–Crippen LogP) is 3.55. The molecule has 0 heterocycles. The summed E-state index contributed by atoms with van der Waals surface area (Å²) in [6.45, 7) is 5.42. The highest BCUT2D eigenvalue weighted by Crippen LogP contribution is 2.17. The first kappa shape index (κ1) is 22.2. The number of thioether (sulfide) groups is 2. The van der Waals surface area contributed by atoms with Gasteiger partial charge in [-0.05, 0) is 12.8 Å². The number of thiocarbonyl (C=S) groups is 1. The minimum absolute atomic E-state index is 0.109. The molecule has 2 N–H and O–H groups in total. The third-order valence-corrected chi connectivity index (χ3v) is 4.49. The number of nitriles is 1. The molecule has 0 aromatic rings. The van der Waals surface area contributed by atoms with Gasteiger partial charge in [0.15, 0.2) is 0 Å². The molecule has 0 amide bonds. The molecule has 0 aromatic heterocycles. The number of carboxylic acids is 2. The van der Waals surface area contributed by atoms with Crippen LogP contribution in [0.25, 0.3) is 0 Å². The second-order valence-corrected chi connectivity index (χ2v) is 6.98. The van der Waals surface area contributed by atoms with Gasteiger partial charge >= 0.3 is 11.9 Å². The summed E-state index contributed by atoms with van der Waals surface area (Å²) in [5.74, 6) is -0.884. The van der Waals surface area contributed by atoms with E-state index in [-0.39, 0.29) is 6.42 Å². The molecule has 0 bridgehead atoms. The maximum absolute atomic E-state index is 10.1. The molecule has 0 unspecified atom stereocenters. The summed E-state index contributed by atoms with van der Waals surface area (Å²) in [5.41, 5.74) is 0.317. The summed E-state index contributed by atoms with van der Waals surface area (Å²) in [6.07, 6.45) is 2.67. The molecular formula is C13H19NO4S3. The molecule has 0 radical (unpaired) electrons. The van der Waals surface area contributed by atoms with Crippen molar-refractivity contribution in [2.24, 2.45) is 0 Å². The second kappa shape index (κ2) is 15.4. The average Bonchev–Trinajstić information content (AvgIpc) is 2.42. The Hall–Kier alpha value is -1.04. The first-order chi connectivity index (χ1) is 9.84.